The molecule has 3 nitrogen and oxygen atoms in total. The average Bonchev–Trinajstić information content (AvgIpc) is 1.99. The summed E-state index contributed by atoms with van der Waals surface area (Å²) in [6, 6.07) is 0. The summed E-state index contributed by atoms with van der Waals surface area (Å²) >= 11 is 0. The van der Waals surface area contributed by atoms with E-state index >= 15 is 0 Å². The maximum absolute atomic E-state index is 11.6. The van der Waals surface area contributed by atoms with Crippen LogP contribution in [0.1, 0.15) is 32.6 Å². The summed E-state index contributed by atoms with van der Waals surface area (Å²) < 4.78 is 24.9. The van der Waals surface area contributed by atoms with Gasteiger partial charge in [0.15, 0.2) is 0 Å². The van der Waals surface area contributed by atoms with Crippen LogP contribution in [0.25, 0.3) is 0 Å². The normalized spacial score (nSPS) is 13.5. The van der Waals surface area contributed by atoms with E-state index in [0.717, 1.165) is 12.8 Å². The second-order valence-electron chi connectivity index (χ2n) is 5.07. The molecule has 0 radical (unpaired) electrons. The fourth-order valence-corrected chi connectivity index (χ4v) is 6.95. The Morgan fingerprint density at radius 2 is 1.60 bits per heavy atom. The lowest BCUT2D eigenvalue weighted by molar-refractivity contribution is 0.508. The molecule has 0 heterocycles. The first kappa shape index (κ1) is 15.1. The van der Waals surface area contributed by atoms with Crippen molar-refractivity contribution >= 4 is 18.3 Å². The molecule has 0 aromatic heterocycles. The molecule has 92 valence electrons. The minimum Gasteiger partial charge on any atom is -0.225 e. The first-order valence-corrected chi connectivity index (χ1v) is 11.0. The van der Waals surface area contributed by atoms with Crippen LogP contribution in [0.5, 0.6) is 0 Å². The van der Waals surface area contributed by atoms with Crippen molar-refractivity contribution in [3.8, 4) is 0 Å². The van der Waals surface area contributed by atoms with Crippen molar-refractivity contribution in [2.24, 2.45) is 0 Å². The summed E-state index contributed by atoms with van der Waals surface area (Å²) in [6.45, 7) is 9.09. The van der Waals surface area contributed by atoms with Gasteiger partial charge in [-0.3, -0.25) is 0 Å². The molecule has 0 aromatic rings. The highest BCUT2D eigenvalue weighted by Gasteiger charge is 2.30. The highest BCUT2D eigenvalue weighted by molar-refractivity contribution is 7.89. The summed E-state index contributed by atoms with van der Waals surface area (Å²) in [5.41, 5.74) is 0. The molecule has 5 heteroatoms. The van der Waals surface area contributed by atoms with E-state index in [0.29, 0.717) is 6.54 Å². The number of hydrogen-bond acceptors (Lipinski definition) is 2. The van der Waals surface area contributed by atoms with Crippen molar-refractivity contribution in [3.05, 3.63) is 0 Å². The van der Waals surface area contributed by atoms with Crippen LogP contribution in [0.2, 0.25) is 19.6 Å². The van der Waals surface area contributed by atoms with Crippen LogP contribution < -0.4 is 0 Å². The molecular weight excluding hydrogens is 226 g/mol. The molecule has 0 N–H and O–H groups in total. The Morgan fingerprint density at radius 1 is 1.07 bits per heavy atom. The van der Waals surface area contributed by atoms with Crippen molar-refractivity contribution in [1.82, 2.24) is 3.97 Å². The zero-order valence-electron chi connectivity index (χ0n) is 10.7. The SMILES string of the molecule is CCCCCCN([Si](C)(C)C)S(C)(=O)=O. The standard InChI is InChI=1S/C10H25NO2SSi/c1-6-7-8-9-10-11(14(2,12)13)15(3,4)5/h6-10H2,1-5H3. The molecule has 0 aliphatic heterocycles. The minimum absolute atomic E-state index is 0.703. The minimum atomic E-state index is -3.01. The topological polar surface area (TPSA) is 37.4 Å². The first-order chi connectivity index (χ1) is 6.69. The van der Waals surface area contributed by atoms with E-state index < -0.39 is 18.3 Å². The van der Waals surface area contributed by atoms with E-state index in [1.807, 2.05) is 0 Å². The Hall–Kier alpha value is 0.127. The molecule has 0 saturated heterocycles. The highest BCUT2D eigenvalue weighted by Crippen LogP contribution is 2.15. The van der Waals surface area contributed by atoms with Gasteiger partial charge in [0.1, 0.15) is 8.24 Å². The van der Waals surface area contributed by atoms with Gasteiger partial charge in [-0.25, -0.2) is 12.4 Å². The molecule has 15 heavy (non-hydrogen) atoms. The molecule has 0 unspecified atom stereocenters. The lowest BCUT2D eigenvalue weighted by Crippen LogP contribution is -2.49. The predicted molar refractivity (Wildman–Crippen MR) is 69.0 cm³/mol. The Bertz CT molecular complexity index is 270. The maximum atomic E-state index is 11.6. The van der Waals surface area contributed by atoms with Gasteiger partial charge < -0.3 is 0 Å². The fourth-order valence-electron chi connectivity index (χ4n) is 1.68. The number of nitrogens with zero attached hydrogens (tertiary/aromatic N) is 1. The van der Waals surface area contributed by atoms with Gasteiger partial charge in [-0.05, 0) is 6.42 Å². The lowest BCUT2D eigenvalue weighted by Gasteiger charge is -2.31. The molecule has 0 aliphatic rings. The lowest BCUT2D eigenvalue weighted by atomic mass is 10.2. The molecule has 0 saturated carbocycles. The first-order valence-electron chi connectivity index (χ1n) is 5.67. The number of sulfonamides is 1. The van der Waals surface area contributed by atoms with Crippen LogP contribution in [0, 0.1) is 0 Å². The quantitative estimate of drug-likeness (QED) is 0.515. The van der Waals surface area contributed by atoms with E-state index in [9.17, 15) is 8.42 Å². The van der Waals surface area contributed by atoms with Gasteiger partial charge in [-0.1, -0.05) is 45.8 Å². The highest BCUT2D eigenvalue weighted by atomic mass is 32.2. The molecule has 0 bridgehead atoms. The molecule has 0 spiro atoms. The smallest absolute Gasteiger partial charge is 0.205 e. The zero-order valence-corrected chi connectivity index (χ0v) is 12.5. The molecule has 0 amide bonds. The van der Waals surface area contributed by atoms with Crippen LogP contribution in [0.15, 0.2) is 0 Å². The third-order valence-electron chi connectivity index (χ3n) is 2.36. The van der Waals surface area contributed by atoms with Crippen molar-refractivity contribution in [1.29, 1.82) is 0 Å². The Kier molecular flexibility index (Phi) is 6.06. The third-order valence-corrected chi connectivity index (χ3v) is 7.70. The van der Waals surface area contributed by atoms with Gasteiger partial charge >= 0.3 is 0 Å². The average molecular weight is 251 g/mol. The Balaban J connectivity index is 4.30. The molecular formula is C10H25NO2SSi. The van der Waals surface area contributed by atoms with Crippen LogP contribution >= 0.6 is 0 Å². The van der Waals surface area contributed by atoms with Crippen LogP contribution in [0.3, 0.4) is 0 Å². The number of rotatable bonds is 7. The second kappa shape index (κ2) is 6.01. The summed E-state index contributed by atoms with van der Waals surface area (Å²) in [7, 11) is -4.75. The van der Waals surface area contributed by atoms with Crippen molar-refractivity contribution in [3.63, 3.8) is 0 Å². The molecule has 0 fully saturated rings. The molecule has 0 aliphatic carbocycles. The fraction of sp³-hybridized carbons (Fsp3) is 1.00. The van der Waals surface area contributed by atoms with Crippen molar-refractivity contribution < 1.29 is 8.42 Å². The number of unbranched alkanes of at least 4 members (excludes halogenated alkanes) is 3. The summed E-state index contributed by atoms with van der Waals surface area (Å²) in [5, 5.41) is 0. The Labute approximate surface area is 96.0 Å². The van der Waals surface area contributed by atoms with Gasteiger partial charge in [0.25, 0.3) is 0 Å². The van der Waals surface area contributed by atoms with Crippen LogP contribution in [-0.2, 0) is 10.0 Å². The summed E-state index contributed by atoms with van der Waals surface area (Å²) in [5.74, 6) is 0. The molecule has 0 atom stereocenters. The second-order valence-corrected chi connectivity index (χ2v) is 12.2. The van der Waals surface area contributed by atoms with Gasteiger partial charge in [0.2, 0.25) is 10.0 Å². The monoisotopic (exact) mass is 251 g/mol. The summed E-state index contributed by atoms with van der Waals surface area (Å²) in [6.07, 6.45) is 5.83. The van der Waals surface area contributed by atoms with Crippen LogP contribution in [-0.4, -0.2) is 33.4 Å². The maximum Gasteiger partial charge on any atom is 0.205 e. The van der Waals surface area contributed by atoms with Gasteiger partial charge in [0.05, 0.1) is 6.26 Å². The number of hydrogen-bond donors (Lipinski definition) is 0. The van der Waals surface area contributed by atoms with E-state index in [2.05, 4.69) is 26.6 Å². The molecule has 0 aromatic carbocycles. The van der Waals surface area contributed by atoms with E-state index in [1.54, 1.807) is 3.97 Å². The van der Waals surface area contributed by atoms with Crippen molar-refractivity contribution in [2.45, 2.75) is 52.2 Å². The molecule has 0 rings (SSSR count). The van der Waals surface area contributed by atoms with Gasteiger partial charge in [-0.15, -0.1) is 0 Å². The van der Waals surface area contributed by atoms with E-state index in [1.165, 1.54) is 19.1 Å². The third kappa shape index (κ3) is 6.32. The van der Waals surface area contributed by atoms with E-state index in [4.69, 9.17) is 0 Å². The Morgan fingerprint density at radius 3 is 1.93 bits per heavy atom. The van der Waals surface area contributed by atoms with E-state index in [-0.39, 0.29) is 0 Å². The van der Waals surface area contributed by atoms with Crippen LogP contribution in [0.4, 0.5) is 0 Å². The zero-order chi connectivity index (χ0) is 12.1. The van der Waals surface area contributed by atoms with Gasteiger partial charge in [0, 0.05) is 6.54 Å². The predicted octanol–water partition coefficient (Wildman–Crippen LogP) is 2.66. The summed E-state index contributed by atoms with van der Waals surface area (Å²) in [4.78, 5) is 0. The largest absolute Gasteiger partial charge is 0.225 e. The van der Waals surface area contributed by atoms with Crippen molar-refractivity contribution in [2.75, 3.05) is 12.8 Å². The van der Waals surface area contributed by atoms with Gasteiger partial charge in [-0.2, -0.15) is 0 Å².